The largest absolute Gasteiger partial charge is 0.463 e. The Labute approximate surface area is 196 Å². The van der Waals surface area contributed by atoms with Crippen LogP contribution in [-0.4, -0.2) is 22.1 Å². The molecule has 2 aromatic carbocycles. The number of thiazole rings is 1. The molecule has 1 atom stereocenters. The van der Waals surface area contributed by atoms with E-state index in [4.69, 9.17) is 16.3 Å². The second-order valence-electron chi connectivity index (χ2n) is 7.21. The number of nitrogens with zero attached hydrogens (tertiary/aromatic N) is 3. The van der Waals surface area contributed by atoms with Gasteiger partial charge in [-0.15, -0.1) is 0 Å². The summed E-state index contributed by atoms with van der Waals surface area (Å²) in [6.45, 7) is 3.59. The lowest BCUT2D eigenvalue weighted by Crippen LogP contribution is -2.39. The van der Waals surface area contributed by atoms with Gasteiger partial charge in [-0.2, -0.15) is 0 Å². The van der Waals surface area contributed by atoms with E-state index in [1.807, 2.05) is 0 Å². The highest BCUT2D eigenvalue weighted by Crippen LogP contribution is 2.31. The molecule has 33 heavy (non-hydrogen) atoms. The molecule has 1 aliphatic heterocycles. The number of rotatable bonds is 5. The standard InChI is InChI=1S/C23H18ClN3O5S/c1-3-32-22(29)19-13(2)25-23-26(20(19)15-7-9-16(24)10-8-15)21(28)18(33-23)12-14-5-4-6-17(11-14)27(30)31/h4-12,20H,3H2,1-2H3/b18-12+. The average Bonchev–Trinajstić information content (AvgIpc) is 3.08. The molecule has 0 N–H and O–H groups in total. The number of benzene rings is 2. The Balaban J connectivity index is 1.94. The monoisotopic (exact) mass is 483 g/mol. The van der Waals surface area contributed by atoms with E-state index in [9.17, 15) is 19.7 Å². The molecule has 3 aromatic rings. The van der Waals surface area contributed by atoms with Gasteiger partial charge < -0.3 is 4.74 Å². The zero-order chi connectivity index (χ0) is 23.7. The summed E-state index contributed by atoms with van der Waals surface area (Å²) in [5, 5.41) is 11.6. The van der Waals surface area contributed by atoms with E-state index in [-0.39, 0.29) is 23.4 Å². The lowest BCUT2D eigenvalue weighted by Gasteiger charge is -2.24. The van der Waals surface area contributed by atoms with Crippen molar-refractivity contribution in [2.24, 2.45) is 4.99 Å². The van der Waals surface area contributed by atoms with Gasteiger partial charge in [0.15, 0.2) is 4.80 Å². The van der Waals surface area contributed by atoms with Crippen LogP contribution < -0.4 is 14.9 Å². The van der Waals surface area contributed by atoms with Gasteiger partial charge in [0.2, 0.25) is 0 Å². The third kappa shape index (κ3) is 4.37. The third-order valence-electron chi connectivity index (χ3n) is 5.08. The van der Waals surface area contributed by atoms with Crippen LogP contribution in [0.3, 0.4) is 0 Å². The Kier molecular flexibility index (Phi) is 6.26. The summed E-state index contributed by atoms with van der Waals surface area (Å²) < 4.78 is 7.05. The number of hydrogen-bond acceptors (Lipinski definition) is 7. The Morgan fingerprint density at radius 3 is 2.70 bits per heavy atom. The summed E-state index contributed by atoms with van der Waals surface area (Å²) in [7, 11) is 0. The van der Waals surface area contributed by atoms with Crippen LogP contribution in [0.15, 0.2) is 69.6 Å². The molecule has 1 unspecified atom stereocenters. The lowest BCUT2D eigenvalue weighted by molar-refractivity contribution is -0.384. The molecule has 0 fully saturated rings. The van der Waals surface area contributed by atoms with Crippen LogP contribution in [0.5, 0.6) is 0 Å². The maximum Gasteiger partial charge on any atom is 0.338 e. The van der Waals surface area contributed by atoms with Gasteiger partial charge in [-0.3, -0.25) is 19.5 Å². The molecule has 168 valence electrons. The second kappa shape index (κ2) is 9.13. The van der Waals surface area contributed by atoms with Crippen LogP contribution in [0.1, 0.15) is 31.0 Å². The van der Waals surface area contributed by atoms with E-state index in [0.717, 1.165) is 11.3 Å². The van der Waals surface area contributed by atoms with Gasteiger partial charge in [0.1, 0.15) is 0 Å². The number of carbonyl (C=O) groups is 1. The summed E-state index contributed by atoms with van der Waals surface area (Å²) in [6, 6.07) is 12.1. The maximum absolute atomic E-state index is 13.5. The highest BCUT2D eigenvalue weighted by Gasteiger charge is 2.33. The molecule has 1 aromatic heterocycles. The average molecular weight is 484 g/mol. The molecule has 8 nitrogen and oxygen atoms in total. The predicted octanol–water partition coefficient (Wildman–Crippen LogP) is 3.36. The molecule has 0 aliphatic carbocycles. The molecule has 2 heterocycles. The fourth-order valence-corrected chi connectivity index (χ4v) is 4.80. The molecular formula is C23H18ClN3O5S. The van der Waals surface area contributed by atoms with Crippen LogP contribution >= 0.6 is 22.9 Å². The fourth-order valence-electron chi connectivity index (χ4n) is 3.63. The summed E-state index contributed by atoms with van der Waals surface area (Å²) >= 11 is 7.20. The number of non-ortho nitro benzene ring substituents is 1. The van der Waals surface area contributed by atoms with Gasteiger partial charge in [-0.05, 0) is 43.2 Å². The van der Waals surface area contributed by atoms with Crippen molar-refractivity contribution in [1.29, 1.82) is 0 Å². The minimum atomic E-state index is -0.746. The van der Waals surface area contributed by atoms with Crippen molar-refractivity contribution in [3.63, 3.8) is 0 Å². The van der Waals surface area contributed by atoms with Gasteiger partial charge in [-0.1, -0.05) is 47.2 Å². The summed E-state index contributed by atoms with van der Waals surface area (Å²) in [5.41, 5.74) is 1.49. The van der Waals surface area contributed by atoms with E-state index >= 15 is 0 Å². The molecule has 0 bridgehead atoms. The molecule has 0 radical (unpaired) electrons. The smallest absolute Gasteiger partial charge is 0.338 e. The van der Waals surface area contributed by atoms with Crippen LogP contribution in [0.25, 0.3) is 6.08 Å². The summed E-state index contributed by atoms with van der Waals surface area (Å²) in [5.74, 6) is -0.549. The number of ether oxygens (including phenoxy) is 1. The highest BCUT2D eigenvalue weighted by atomic mass is 35.5. The van der Waals surface area contributed by atoms with Gasteiger partial charge in [0.25, 0.3) is 11.2 Å². The summed E-state index contributed by atoms with van der Waals surface area (Å²) in [6.07, 6.45) is 1.58. The Bertz CT molecular complexity index is 1470. The SMILES string of the molecule is CCOC(=O)C1=C(C)N=c2s/c(=C/c3cccc([N+](=O)[O-])c3)c(=O)n2C1c1ccc(Cl)cc1. The predicted molar refractivity (Wildman–Crippen MR) is 125 cm³/mol. The zero-order valence-electron chi connectivity index (χ0n) is 17.6. The van der Waals surface area contributed by atoms with E-state index < -0.39 is 16.9 Å². The van der Waals surface area contributed by atoms with Crippen molar-refractivity contribution < 1.29 is 14.5 Å². The molecule has 0 amide bonds. The van der Waals surface area contributed by atoms with Crippen LogP contribution in [0.4, 0.5) is 5.69 Å². The van der Waals surface area contributed by atoms with Crippen molar-refractivity contribution in [3.8, 4) is 0 Å². The van der Waals surface area contributed by atoms with Gasteiger partial charge in [0.05, 0.1) is 33.4 Å². The van der Waals surface area contributed by atoms with E-state index in [0.29, 0.717) is 31.2 Å². The maximum atomic E-state index is 13.5. The number of aromatic nitrogens is 1. The Morgan fingerprint density at radius 1 is 1.30 bits per heavy atom. The molecule has 0 saturated heterocycles. The lowest BCUT2D eigenvalue weighted by atomic mass is 9.96. The van der Waals surface area contributed by atoms with Crippen molar-refractivity contribution in [2.75, 3.05) is 6.61 Å². The highest BCUT2D eigenvalue weighted by molar-refractivity contribution is 7.07. The first-order valence-electron chi connectivity index (χ1n) is 9.99. The quantitative estimate of drug-likeness (QED) is 0.314. The molecule has 0 spiro atoms. The van der Waals surface area contributed by atoms with Crippen molar-refractivity contribution in [3.05, 3.63) is 106 Å². The third-order valence-corrected chi connectivity index (χ3v) is 6.32. The number of hydrogen-bond donors (Lipinski definition) is 0. The normalized spacial score (nSPS) is 15.7. The Morgan fingerprint density at radius 2 is 2.03 bits per heavy atom. The number of fused-ring (bicyclic) bond motifs is 1. The molecule has 1 aliphatic rings. The second-order valence-corrected chi connectivity index (χ2v) is 8.65. The van der Waals surface area contributed by atoms with Gasteiger partial charge in [-0.25, -0.2) is 9.79 Å². The number of esters is 1. The van der Waals surface area contributed by atoms with E-state index in [2.05, 4.69) is 4.99 Å². The topological polar surface area (TPSA) is 104 Å². The van der Waals surface area contributed by atoms with Crippen molar-refractivity contribution in [2.45, 2.75) is 19.9 Å². The zero-order valence-corrected chi connectivity index (χ0v) is 19.2. The number of nitro groups is 1. The number of nitro benzene ring substituents is 1. The molecular weight excluding hydrogens is 466 g/mol. The molecule has 10 heteroatoms. The molecule has 4 rings (SSSR count). The molecule has 0 saturated carbocycles. The van der Waals surface area contributed by atoms with Crippen molar-refractivity contribution >= 4 is 40.7 Å². The Hall–Kier alpha value is -3.56. The van der Waals surface area contributed by atoms with Crippen LogP contribution in [0.2, 0.25) is 5.02 Å². The first kappa shape index (κ1) is 22.6. The number of halogens is 1. The van der Waals surface area contributed by atoms with Crippen LogP contribution in [0, 0.1) is 10.1 Å². The first-order chi connectivity index (χ1) is 15.8. The van der Waals surface area contributed by atoms with Gasteiger partial charge >= 0.3 is 5.97 Å². The van der Waals surface area contributed by atoms with E-state index in [1.54, 1.807) is 56.3 Å². The number of carbonyl (C=O) groups excluding carboxylic acids is 1. The minimum Gasteiger partial charge on any atom is -0.463 e. The van der Waals surface area contributed by atoms with Crippen LogP contribution in [-0.2, 0) is 9.53 Å². The fraction of sp³-hybridized carbons (Fsp3) is 0.174. The first-order valence-corrected chi connectivity index (χ1v) is 11.2. The van der Waals surface area contributed by atoms with E-state index in [1.165, 1.54) is 16.7 Å². The minimum absolute atomic E-state index is 0.0731. The van der Waals surface area contributed by atoms with Crippen molar-refractivity contribution in [1.82, 2.24) is 4.57 Å². The van der Waals surface area contributed by atoms with Gasteiger partial charge in [0, 0.05) is 17.2 Å². The number of allylic oxidation sites excluding steroid dienone is 1. The summed E-state index contributed by atoms with van der Waals surface area (Å²) in [4.78, 5) is 41.8.